The van der Waals surface area contributed by atoms with Gasteiger partial charge < -0.3 is 5.32 Å². The van der Waals surface area contributed by atoms with Gasteiger partial charge in [0.05, 0.1) is 0 Å². The van der Waals surface area contributed by atoms with Gasteiger partial charge in [0.2, 0.25) is 0 Å². The molecular weight excluding hydrogens is 210 g/mol. The molecule has 2 rings (SSSR count). The molecule has 2 nitrogen and oxygen atoms in total. The Balaban J connectivity index is 1.80. The number of Topliss-reactive ketones (excluding diaryl/α,β-unsaturated/α-hetero) is 1. The van der Waals surface area contributed by atoms with Crippen molar-refractivity contribution in [2.24, 2.45) is 0 Å². The molecule has 1 atom stereocenters. The summed E-state index contributed by atoms with van der Waals surface area (Å²) in [4.78, 5) is 11.7. The summed E-state index contributed by atoms with van der Waals surface area (Å²) in [5.74, 6) is 0.406. The molecule has 2 heteroatoms. The van der Waals surface area contributed by atoms with Crippen molar-refractivity contribution in [3.05, 3.63) is 11.3 Å². The van der Waals surface area contributed by atoms with Crippen LogP contribution in [0.3, 0.4) is 0 Å². The van der Waals surface area contributed by atoms with E-state index in [9.17, 15) is 4.79 Å². The van der Waals surface area contributed by atoms with Crippen molar-refractivity contribution < 1.29 is 4.79 Å². The molecule has 2 aliphatic rings. The highest BCUT2D eigenvalue weighted by Gasteiger charge is 2.26. The van der Waals surface area contributed by atoms with Crippen LogP contribution in [-0.4, -0.2) is 11.8 Å². The van der Waals surface area contributed by atoms with E-state index in [1.165, 1.54) is 37.8 Å². The SMILES string of the molecule is CCCCCC[C@H]1CCC2=C(CCCC2=O)N1. The Morgan fingerprint density at radius 1 is 1.18 bits per heavy atom. The van der Waals surface area contributed by atoms with Crippen molar-refractivity contribution in [1.29, 1.82) is 0 Å². The summed E-state index contributed by atoms with van der Waals surface area (Å²) in [6.45, 7) is 2.25. The van der Waals surface area contributed by atoms with Crippen LogP contribution in [-0.2, 0) is 4.79 Å². The summed E-state index contributed by atoms with van der Waals surface area (Å²) in [5.41, 5.74) is 2.41. The van der Waals surface area contributed by atoms with E-state index >= 15 is 0 Å². The molecule has 0 aromatic rings. The predicted octanol–water partition coefficient (Wildman–Crippen LogP) is 3.72. The predicted molar refractivity (Wildman–Crippen MR) is 70.8 cm³/mol. The van der Waals surface area contributed by atoms with Crippen LogP contribution in [0.25, 0.3) is 0 Å². The second kappa shape index (κ2) is 6.23. The van der Waals surface area contributed by atoms with Gasteiger partial charge in [-0.1, -0.05) is 32.6 Å². The number of rotatable bonds is 5. The summed E-state index contributed by atoms with van der Waals surface area (Å²) in [7, 11) is 0. The average molecular weight is 235 g/mol. The van der Waals surface area contributed by atoms with Gasteiger partial charge in [-0.25, -0.2) is 0 Å². The van der Waals surface area contributed by atoms with Gasteiger partial charge >= 0.3 is 0 Å². The number of allylic oxidation sites excluding steroid dienone is 2. The Morgan fingerprint density at radius 2 is 2.06 bits per heavy atom. The van der Waals surface area contributed by atoms with Gasteiger partial charge in [-0.05, 0) is 32.1 Å². The van der Waals surface area contributed by atoms with E-state index in [0.29, 0.717) is 11.8 Å². The van der Waals surface area contributed by atoms with Crippen LogP contribution in [0.15, 0.2) is 11.3 Å². The quantitative estimate of drug-likeness (QED) is 0.736. The lowest BCUT2D eigenvalue weighted by Gasteiger charge is -2.31. The third-order valence-electron chi connectivity index (χ3n) is 4.06. The molecule has 1 aliphatic heterocycles. The highest BCUT2D eigenvalue weighted by atomic mass is 16.1. The minimum atomic E-state index is 0.406. The fraction of sp³-hybridized carbons (Fsp3) is 0.800. The standard InChI is InChI=1S/C15H25NO/c1-2-3-4-5-7-12-10-11-13-14(16-12)8-6-9-15(13)17/h12,16H,2-11H2,1H3/t12-/m0/s1. The third-order valence-corrected chi connectivity index (χ3v) is 4.06. The zero-order valence-electron chi connectivity index (χ0n) is 11.1. The molecular formula is C15H25NO. The first-order valence-corrected chi connectivity index (χ1v) is 7.33. The van der Waals surface area contributed by atoms with E-state index in [-0.39, 0.29) is 0 Å². The Bertz CT molecular complexity index is 306. The van der Waals surface area contributed by atoms with E-state index in [4.69, 9.17) is 0 Å². The summed E-state index contributed by atoms with van der Waals surface area (Å²) in [6.07, 6.45) is 11.8. The van der Waals surface area contributed by atoms with Crippen molar-refractivity contribution in [2.45, 2.75) is 77.2 Å². The van der Waals surface area contributed by atoms with Crippen LogP contribution in [0.5, 0.6) is 0 Å². The number of unbranched alkanes of at least 4 members (excludes halogenated alkanes) is 3. The average Bonchev–Trinajstić information content (AvgIpc) is 2.35. The summed E-state index contributed by atoms with van der Waals surface area (Å²) < 4.78 is 0. The van der Waals surface area contributed by atoms with E-state index in [1.807, 2.05) is 0 Å². The number of carbonyl (C=O) groups is 1. The Morgan fingerprint density at radius 3 is 2.88 bits per heavy atom. The first-order chi connectivity index (χ1) is 8.31. The van der Waals surface area contributed by atoms with Crippen molar-refractivity contribution >= 4 is 5.78 Å². The normalized spacial score (nSPS) is 24.5. The van der Waals surface area contributed by atoms with Gasteiger partial charge in [0, 0.05) is 23.7 Å². The van der Waals surface area contributed by atoms with Crippen molar-refractivity contribution in [3.63, 3.8) is 0 Å². The topological polar surface area (TPSA) is 29.1 Å². The lowest BCUT2D eigenvalue weighted by atomic mass is 9.86. The maximum absolute atomic E-state index is 11.7. The fourth-order valence-electron chi connectivity index (χ4n) is 3.02. The molecule has 0 aromatic heterocycles. The molecule has 0 fully saturated rings. The van der Waals surface area contributed by atoms with Crippen LogP contribution < -0.4 is 5.32 Å². The molecule has 1 aliphatic carbocycles. The minimum absolute atomic E-state index is 0.406. The maximum Gasteiger partial charge on any atom is 0.160 e. The molecule has 0 bridgehead atoms. The van der Waals surface area contributed by atoms with Gasteiger partial charge in [-0.2, -0.15) is 0 Å². The van der Waals surface area contributed by atoms with E-state index in [2.05, 4.69) is 12.2 Å². The number of hydrogen-bond donors (Lipinski definition) is 1. The first kappa shape index (κ1) is 12.7. The third kappa shape index (κ3) is 3.34. The fourth-order valence-corrected chi connectivity index (χ4v) is 3.02. The molecule has 0 saturated carbocycles. The second-order valence-electron chi connectivity index (χ2n) is 5.46. The zero-order chi connectivity index (χ0) is 12.1. The van der Waals surface area contributed by atoms with Crippen molar-refractivity contribution in [3.8, 4) is 0 Å². The molecule has 0 radical (unpaired) electrons. The molecule has 0 saturated heterocycles. The monoisotopic (exact) mass is 235 g/mol. The summed E-state index contributed by atoms with van der Waals surface area (Å²) in [5, 5.41) is 3.62. The Labute approximate surface area is 105 Å². The number of hydrogen-bond acceptors (Lipinski definition) is 2. The largest absolute Gasteiger partial charge is 0.385 e. The van der Waals surface area contributed by atoms with Gasteiger partial charge in [-0.3, -0.25) is 4.79 Å². The summed E-state index contributed by atoms with van der Waals surface area (Å²) >= 11 is 0. The highest BCUT2D eigenvalue weighted by Crippen LogP contribution is 2.29. The molecule has 0 spiro atoms. The highest BCUT2D eigenvalue weighted by molar-refractivity contribution is 5.96. The molecule has 17 heavy (non-hydrogen) atoms. The first-order valence-electron chi connectivity index (χ1n) is 7.33. The van der Waals surface area contributed by atoms with Gasteiger partial charge in [0.15, 0.2) is 5.78 Å². The number of ketones is 1. The molecule has 0 amide bonds. The number of carbonyl (C=O) groups excluding carboxylic acids is 1. The van der Waals surface area contributed by atoms with Crippen molar-refractivity contribution in [2.75, 3.05) is 0 Å². The Hall–Kier alpha value is -0.790. The maximum atomic E-state index is 11.7. The van der Waals surface area contributed by atoms with E-state index < -0.39 is 0 Å². The lowest BCUT2D eigenvalue weighted by Crippen LogP contribution is -2.36. The van der Waals surface area contributed by atoms with Crippen LogP contribution >= 0.6 is 0 Å². The lowest BCUT2D eigenvalue weighted by molar-refractivity contribution is -0.116. The van der Waals surface area contributed by atoms with E-state index in [0.717, 1.165) is 37.7 Å². The van der Waals surface area contributed by atoms with Crippen LogP contribution in [0, 0.1) is 0 Å². The molecule has 0 unspecified atom stereocenters. The Kier molecular flexibility index (Phi) is 4.64. The second-order valence-corrected chi connectivity index (χ2v) is 5.46. The minimum Gasteiger partial charge on any atom is -0.385 e. The molecule has 1 N–H and O–H groups in total. The molecule has 96 valence electrons. The molecule has 1 heterocycles. The van der Waals surface area contributed by atoms with Crippen LogP contribution in [0.1, 0.15) is 71.1 Å². The zero-order valence-corrected chi connectivity index (χ0v) is 11.1. The van der Waals surface area contributed by atoms with Gasteiger partial charge in [-0.15, -0.1) is 0 Å². The van der Waals surface area contributed by atoms with Crippen LogP contribution in [0.2, 0.25) is 0 Å². The smallest absolute Gasteiger partial charge is 0.160 e. The van der Waals surface area contributed by atoms with Crippen LogP contribution in [0.4, 0.5) is 0 Å². The molecule has 0 aromatic carbocycles. The van der Waals surface area contributed by atoms with Crippen molar-refractivity contribution in [1.82, 2.24) is 5.32 Å². The van der Waals surface area contributed by atoms with Gasteiger partial charge in [0.1, 0.15) is 0 Å². The number of nitrogens with one attached hydrogen (secondary N) is 1. The van der Waals surface area contributed by atoms with E-state index in [1.54, 1.807) is 0 Å². The van der Waals surface area contributed by atoms with Gasteiger partial charge in [0.25, 0.3) is 0 Å². The summed E-state index contributed by atoms with van der Waals surface area (Å²) in [6, 6.07) is 0.636.